The number of allylic oxidation sites excluding steroid dienone is 2. The molecule has 1 saturated carbocycles. The molecule has 0 bridgehead atoms. The quantitative estimate of drug-likeness (QED) is 0.195. The number of carbonyl (C=O) groups excluding carboxylic acids is 4. The summed E-state index contributed by atoms with van der Waals surface area (Å²) in [5.41, 5.74) is -3.94. The number of hydrogen-bond donors (Lipinski definition) is 1. The van der Waals surface area contributed by atoms with E-state index in [2.05, 4.69) is 0 Å². The van der Waals surface area contributed by atoms with Crippen molar-refractivity contribution in [3.05, 3.63) is 70.8 Å². The van der Waals surface area contributed by atoms with E-state index in [4.69, 9.17) is 23.2 Å². The van der Waals surface area contributed by atoms with Gasteiger partial charge in [0, 0.05) is 18.5 Å². The van der Waals surface area contributed by atoms with Gasteiger partial charge in [0.2, 0.25) is 11.8 Å². The minimum atomic E-state index is -5.23. The van der Waals surface area contributed by atoms with Crippen LogP contribution in [0.4, 0.5) is 32.0 Å². The average Bonchev–Trinajstić information content (AvgIpc) is 3.27. The van der Waals surface area contributed by atoms with Crippen molar-refractivity contribution in [1.29, 1.82) is 0 Å². The number of nitrogens with zero attached hydrogens (tertiary/aromatic N) is 2. The first-order valence-electron chi connectivity index (χ1n) is 13.2. The number of anilines is 1. The largest absolute Gasteiger partial charge is 0.508 e. The lowest BCUT2D eigenvalue weighted by Crippen LogP contribution is -2.60. The number of phenols is 1. The number of phenolic OH excluding ortho intramolecular Hbond substituents is 1. The lowest BCUT2D eigenvalue weighted by molar-refractivity contribution is -0.143. The van der Waals surface area contributed by atoms with Gasteiger partial charge < -0.3 is 5.11 Å². The highest BCUT2D eigenvalue weighted by Gasteiger charge is 2.76. The Hall–Kier alpha value is -3.58. The molecule has 7 nitrogen and oxygen atoms in total. The van der Waals surface area contributed by atoms with Crippen LogP contribution in [0.5, 0.6) is 5.75 Å². The Morgan fingerprint density at radius 1 is 0.864 bits per heavy atom. The van der Waals surface area contributed by atoms with Crippen LogP contribution in [0.2, 0.25) is 0 Å². The van der Waals surface area contributed by atoms with Crippen LogP contribution in [-0.2, 0) is 31.5 Å². The molecule has 2 aliphatic carbocycles. The maximum atomic E-state index is 14.0. The molecule has 1 N–H and O–H groups in total. The van der Waals surface area contributed by atoms with Gasteiger partial charge in [-0.3, -0.25) is 24.1 Å². The molecule has 2 aliphatic heterocycles. The van der Waals surface area contributed by atoms with Crippen molar-refractivity contribution < 1.29 is 50.6 Å². The SMILES string of the molecule is CN1C(=O)[C@]2(Cl)C[C@@H]3C(=CC[C@@H]4C(=O)N(c5cc(C(F)(F)F)cc(C(F)(F)F)c5)C(=O)[C@@H]43)[C@H](c3ccccc3O)[C@]2(Cl)C1=O. The molecule has 2 saturated heterocycles. The summed E-state index contributed by atoms with van der Waals surface area (Å²) in [7, 11) is 1.16. The van der Waals surface area contributed by atoms with Gasteiger partial charge in [0.05, 0.1) is 28.7 Å². The predicted octanol–water partition coefficient (Wildman–Crippen LogP) is 5.62. The first-order chi connectivity index (χ1) is 20.3. The number of halogens is 8. The van der Waals surface area contributed by atoms with Gasteiger partial charge >= 0.3 is 12.4 Å². The van der Waals surface area contributed by atoms with E-state index < -0.39 is 92.6 Å². The topological polar surface area (TPSA) is 95.0 Å². The molecule has 15 heteroatoms. The molecule has 44 heavy (non-hydrogen) atoms. The van der Waals surface area contributed by atoms with Crippen LogP contribution in [0.15, 0.2) is 54.1 Å². The number of likely N-dealkylation sites (tertiary alicyclic amines) is 1. The van der Waals surface area contributed by atoms with Crippen LogP contribution < -0.4 is 4.90 Å². The lowest BCUT2D eigenvalue weighted by Gasteiger charge is -2.50. The number of rotatable bonds is 2. The van der Waals surface area contributed by atoms with E-state index in [1.165, 1.54) is 30.3 Å². The third kappa shape index (κ3) is 3.97. The van der Waals surface area contributed by atoms with Gasteiger partial charge in [-0.05, 0) is 43.0 Å². The molecular formula is C29H20Cl2F6N2O5. The Bertz CT molecular complexity index is 1660. The zero-order chi connectivity index (χ0) is 32.3. The summed E-state index contributed by atoms with van der Waals surface area (Å²) in [4.78, 5) is 51.2. The van der Waals surface area contributed by atoms with Crippen molar-refractivity contribution in [2.45, 2.75) is 40.9 Å². The molecule has 0 radical (unpaired) electrons. The van der Waals surface area contributed by atoms with E-state index in [-0.39, 0.29) is 23.8 Å². The summed E-state index contributed by atoms with van der Waals surface area (Å²) in [5, 5.41) is 10.8. The second-order valence-corrected chi connectivity index (χ2v) is 12.6. The molecule has 6 rings (SSSR count). The van der Waals surface area contributed by atoms with Crippen LogP contribution >= 0.6 is 23.2 Å². The smallest absolute Gasteiger partial charge is 0.416 e. The summed E-state index contributed by atoms with van der Waals surface area (Å²) < 4.78 is 81.6. The lowest BCUT2D eigenvalue weighted by atomic mass is 9.56. The van der Waals surface area contributed by atoms with Gasteiger partial charge in [-0.1, -0.05) is 29.8 Å². The van der Waals surface area contributed by atoms with E-state index in [0.717, 1.165) is 11.9 Å². The number of imide groups is 2. The van der Waals surface area contributed by atoms with Crippen LogP contribution in [0.25, 0.3) is 0 Å². The summed E-state index contributed by atoms with van der Waals surface area (Å²) >= 11 is 14.0. The highest BCUT2D eigenvalue weighted by molar-refractivity contribution is 6.53. The minimum absolute atomic E-state index is 0.0969. The second-order valence-electron chi connectivity index (χ2n) is 11.3. The van der Waals surface area contributed by atoms with E-state index in [1.807, 2.05) is 0 Å². The fourth-order valence-corrected chi connectivity index (χ4v) is 8.15. The molecule has 4 amide bonds. The van der Waals surface area contributed by atoms with Crippen LogP contribution in [0.1, 0.15) is 35.4 Å². The molecule has 232 valence electrons. The van der Waals surface area contributed by atoms with E-state index >= 15 is 0 Å². The summed E-state index contributed by atoms with van der Waals surface area (Å²) in [6.45, 7) is 0. The fourth-order valence-electron chi connectivity index (χ4n) is 7.14. The van der Waals surface area contributed by atoms with Gasteiger partial charge in [-0.25, -0.2) is 4.90 Å². The first kappa shape index (κ1) is 30.4. The summed E-state index contributed by atoms with van der Waals surface area (Å²) in [6, 6.07) is 6.26. The number of hydrogen-bond acceptors (Lipinski definition) is 5. The second kappa shape index (κ2) is 9.46. The summed E-state index contributed by atoms with van der Waals surface area (Å²) in [5.74, 6) is -9.18. The van der Waals surface area contributed by atoms with Crippen molar-refractivity contribution in [3.63, 3.8) is 0 Å². The zero-order valence-electron chi connectivity index (χ0n) is 22.3. The summed E-state index contributed by atoms with van der Waals surface area (Å²) in [6.07, 6.45) is -9.58. The number of amides is 4. The van der Waals surface area contributed by atoms with Crippen LogP contribution in [0, 0.1) is 17.8 Å². The maximum Gasteiger partial charge on any atom is 0.416 e. The Kier molecular flexibility index (Phi) is 6.55. The van der Waals surface area contributed by atoms with Crippen molar-refractivity contribution in [2.24, 2.45) is 17.8 Å². The molecule has 0 aromatic heterocycles. The van der Waals surface area contributed by atoms with Gasteiger partial charge in [0.1, 0.15) is 5.75 Å². The molecular weight excluding hydrogens is 641 g/mol. The monoisotopic (exact) mass is 660 g/mol. The van der Waals surface area contributed by atoms with Crippen LogP contribution in [0.3, 0.4) is 0 Å². The Morgan fingerprint density at radius 2 is 1.45 bits per heavy atom. The van der Waals surface area contributed by atoms with Crippen molar-refractivity contribution in [1.82, 2.24) is 4.90 Å². The highest BCUT2D eigenvalue weighted by Crippen LogP contribution is 2.66. The van der Waals surface area contributed by atoms with Gasteiger partial charge in [-0.15, -0.1) is 23.2 Å². The van der Waals surface area contributed by atoms with Crippen molar-refractivity contribution in [3.8, 4) is 5.75 Å². The normalized spacial score (nSPS) is 32.1. The molecule has 0 unspecified atom stereocenters. The number of fused-ring (bicyclic) bond motifs is 4. The van der Waals surface area contributed by atoms with Crippen LogP contribution in [-0.4, -0.2) is 50.4 Å². The molecule has 3 fully saturated rings. The molecule has 2 aromatic carbocycles. The van der Waals surface area contributed by atoms with Gasteiger partial charge in [-0.2, -0.15) is 26.3 Å². The predicted molar refractivity (Wildman–Crippen MR) is 143 cm³/mol. The molecule has 6 atom stereocenters. The van der Waals surface area contributed by atoms with Gasteiger partial charge in [0.25, 0.3) is 11.8 Å². The van der Waals surface area contributed by atoms with Crippen molar-refractivity contribution >= 4 is 52.5 Å². The van der Waals surface area contributed by atoms with E-state index in [0.29, 0.717) is 22.6 Å². The molecule has 4 aliphatic rings. The Labute approximate surface area is 255 Å². The zero-order valence-corrected chi connectivity index (χ0v) is 23.9. The fraction of sp³-hybridized carbons (Fsp3) is 0.379. The molecule has 2 aromatic rings. The number of carbonyl (C=O) groups is 4. The Morgan fingerprint density at radius 3 is 2.02 bits per heavy atom. The third-order valence-corrected chi connectivity index (χ3v) is 10.5. The van der Waals surface area contributed by atoms with E-state index in [9.17, 15) is 50.6 Å². The molecule has 2 heterocycles. The standard InChI is InChI=1S/C29H20Cl2F6N2O5/c1-38-24(43)26(30)11-18-15(21(27(26,31)25(38)44)16-4-2-3-5-19(16)40)6-7-17-20(18)23(42)39(22(17)41)14-9-12(28(32,33)34)8-13(10-14)29(35,36)37/h2-6,8-10,17-18,20-21,40H,7,11H2,1H3/t17-,18+,20-,21+,26+,27-/m0/s1. The van der Waals surface area contributed by atoms with E-state index in [1.54, 1.807) is 0 Å². The molecule has 0 spiro atoms. The van der Waals surface area contributed by atoms with Gasteiger partial charge in [0.15, 0.2) is 9.75 Å². The maximum absolute atomic E-state index is 14.0. The van der Waals surface area contributed by atoms with Crippen molar-refractivity contribution in [2.75, 3.05) is 11.9 Å². The average molecular weight is 661 g/mol. The number of para-hydroxylation sites is 1. The highest BCUT2D eigenvalue weighted by atomic mass is 35.5. The number of aromatic hydroxyl groups is 1. The third-order valence-electron chi connectivity index (χ3n) is 9.09. The number of benzene rings is 2. The Balaban J connectivity index is 1.50. The minimum Gasteiger partial charge on any atom is -0.508 e. The number of alkyl halides is 8. The first-order valence-corrected chi connectivity index (χ1v) is 13.9.